The van der Waals surface area contributed by atoms with E-state index in [0.29, 0.717) is 0 Å². The van der Waals surface area contributed by atoms with Gasteiger partial charge in [0.2, 0.25) is 0 Å². The monoisotopic (exact) mass is 210 g/mol. The molecule has 0 saturated heterocycles. The molecule has 2 rings (SSSR count). The van der Waals surface area contributed by atoms with Gasteiger partial charge < -0.3 is 5.11 Å². The van der Waals surface area contributed by atoms with Crippen molar-refractivity contribution in [2.45, 2.75) is 13.0 Å². The topological polar surface area (TPSA) is 20.2 Å². The van der Waals surface area contributed by atoms with Crippen molar-refractivity contribution in [2.24, 2.45) is 0 Å². The Morgan fingerprint density at radius 1 is 1.23 bits per heavy atom. The summed E-state index contributed by atoms with van der Waals surface area (Å²) in [5.41, 5.74) is 0. The molecule has 0 fully saturated rings. The highest BCUT2D eigenvalue weighted by molar-refractivity contribution is 7.12. The Kier molecular flexibility index (Phi) is 2.49. The Bertz CT molecular complexity index is 375. The zero-order valence-corrected chi connectivity index (χ0v) is 8.86. The second kappa shape index (κ2) is 3.62. The zero-order valence-electron chi connectivity index (χ0n) is 7.23. The summed E-state index contributed by atoms with van der Waals surface area (Å²) >= 11 is 3.24. The summed E-state index contributed by atoms with van der Waals surface area (Å²) in [5, 5.41) is 11.9. The van der Waals surface area contributed by atoms with Crippen molar-refractivity contribution in [3.63, 3.8) is 0 Å². The summed E-state index contributed by atoms with van der Waals surface area (Å²) in [4.78, 5) is 3.28. The maximum absolute atomic E-state index is 9.91. The van der Waals surface area contributed by atoms with Gasteiger partial charge in [-0.05, 0) is 30.5 Å². The second-order valence-corrected chi connectivity index (χ2v) is 5.17. The average molecular weight is 210 g/mol. The molecule has 0 spiro atoms. The van der Waals surface area contributed by atoms with Crippen LogP contribution in [0.1, 0.15) is 20.7 Å². The van der Waals surface area contributed by atoms with E-state index in [9.17, 15) is 5.11 Å². The van der Waals surface area contributed by atoms with Crippen LogP contribution in [-0.4, -0.2) is 5.11 Å². The highest BCUT2D eigenvalue weighted by Crippen LogP contribution is 2.30. The largest absolute Gasteiger partial charge is 0.382 e. The van der Waals surface area contributed by atoms with Crippen molar-refractivity contribution in [1.82, 2.24) is 0 Å². The standard InChI is InChI=1S/C10H10OS2/c1-7-4-5-9(13-7)10(11)8-3-2-6-12-8/h2-6,10-11H,1H3/t10-/m1/s1. The molecule has 0 aliphatic heterocycles. The van der Waals surface area contributed by atoms with E-state index in [0.717, 1.165) is 9.75 Å². The molecule has 0 aromatic carbocycles. The summed E-state index contributed by atoms with van der Waals surface area (Å²) in [6, 6.07) is 7.95. The minimum absolute atomic E-state index is 0.432. The van der Waals surface area contributed by atoms with E-state index in [1.807, 2.05) is 29.6 Å². The van der Waals surface area contributed by atoms with Crippen LogP contribution in [0.25, 0.3) is 0 Å². The molecule has 68 valence electrons. The maximum Gasteiger partial charge on any atom is 0.122 e. The van der Waals surface area contributed by atoms with Crippen LogP contribution < -0.4 is 0 Å². The molecule has 0 unspecified atom stereocenters. The van der Waals surface area contributed by atoms with Gasteiger partial charge in [-0.15, -0.1) is 22.7 Å². The van der Waals surface area contributed by atoms with E-state index in [1.54, 1.807) is 22.7 Å². The van der Waals surface area contributed by atoms with Crippen LogP contribution in [0.3, 0.4) is 0 Å². The SMILES string of the molecule is Cc1ccc([C@H](O)c2cccs2)s1. The van der Waals surface area contributed by atoms with Gasteiger partial charge in [-0.2, -0.15) is 0 Å². The third-order valence-corrected chi connectivity index (χ3v) is 3.82. The van der Waals surface area contributed by atoms with Crippen LogP contribution >= 0.6 is 22.7 Å². The highest BCUT2D eigenvalue weighted by Gasteiger charge is 2.12. The Balaban J connectivity index is 2.28. The molecule has 2 aromatic heterocycles. The van der Waals surface area contributed by atoms with Gasteiger partial charge in [0, 0.05) is 14.6 Å². The van der Waals surface area contributed by atoms with Crippen LogP contribution in [0.4, 0.5) is 0 Å². The molecule has 0 amide bonds. The molecular weight excluding hydrogens is 200 g/mol. The van der Waals surface area contributed by atoms with Gasteiger partial charge in [0.1, 0.15) is 6.10 Å². The highest BCUT2D eigenvalue weighted by atomic mass is 32.1. The number of hydrogen-bond acceptors (Lipinski definition) is 3. The molecule has 1 atom stereocenters. The van der Waals surface area contributed by atoms with Gasteiger partial charge in [0.15, 0.2) is 0 Å². The summed E-state index contributed by atoms with van der Waals surface area (Å²) < 4.78 is 0. The Hall–Kier alpha value is -0.640. The molecule has 0 saturated carbocycles. The van der Waals surface area contributed by atoms with Gasteiger partial charge in [-0.3, -0.25) is 0 Å². The number of aliphatic hydroxyl groups is 1. The lowest BCUT2D eigenvalue weighted by Crippen LogP contribution is -1.92. The lowest BCUT2D eigenvalue weighted by Gasteiger charge is -2.04. The molecule has 0 aliphatic carbocycles. The number of rotatable bonds is 2. The van der Waals surface area contributed by atoms with Crippen LogP contribution in [0.15, 0.2) is 29.6 Å². The van der Waals surface area contributed by atoms with Gasteiger partial charge in [-0.25, -0.2) is 0 Å². The van der Waals surface area contributed by atoms with E-state index in [4.69, 9.17) is 0 Å². The van der Waals surface area contributed by atoms with E-state index in [2.05, 4.69) is 6.92 Å². The summed E-state index contributed by atoms with van der Waals surface area (Å²) in [6.07, 6.45) is -0.432. The van der Waals surface area contributed by atoms with Crippen molar-refractivity contribution in [3.8, 4) is 0 Å². The lowest BCUT2D eigenvalue weighted by atomic mass is 10.2. The molecule has 3 heteroatoms. The fourth-order valence-electron chi connectivity index (χ4n) is 1.19. The molecule has 13 heavy (non-hydrogen) atoms. The first-order valence-electron chi connectivity index (χ1n) is 4.05. The van der Waals surface area contributed by atoms with E-state index < -0.39 is 6.10 Å². The second-order valence-electron chi connectivity index (χ2n) is 2.87. The fraction of sp³-hybridized carbons (Fsp3) is 0.200. The molecule has 0 radical (unpaired) electrons. The Morgan fingerprint density at radius 3 is 2.62 bits per heavy atom. The van der Waals surface area contributed by atoms with Crippen molar-refractivity contribution >= 4 is 22.7 Å². The molecule has 2 aromatic rings. The van der Waals surface area contributed by atoms with E-state index in [-0.39, 0.29) is 0 Å². The first-order valence-corrected chi connectivity index (χ1v) is 5.75. The summed E-state index contributed by atoms with van der Waals surface area (Å²) in [5.74, 6) is 0. The lowest BCUT2D eigenvalue weighted by molar-refractivity contribution is 0.228. The van der Waals surface area contributed by atoms with Gasteiger partial charge in [0.05, 0.1) is 0 Å². The maximum atomic E-state index is 9.91. The van der Waals surface area contributed by atoms with Crippen molar-refractivity contribution in [3.05, 3.63) is 44.3 Å². The van der Waals surface area contributed by atoms with E-state index >= 15 is 0 Å². The predicted molar refractivity (Wildman–Crippen MR) is 57.4 cm³/mol. The third kappa shape index (κ3) is 1.82. The summed E-state index contributed by atoms with van der Waals surface area (Å²) in [7, 11) is 0. The molecule has 0 aliphatic rings. The normalized spacial score (nSPS) is 13.1. The smallest absolute Gasteiger partial charge is 0.122 e. The van der Waals surface area contributed by atoms with Crippen LogP contribution in [-0.2, 0) is 0 Å². The quantitative estimate of drug-likeness (QED) is 0.807. The number of aliphatic hydroxyl groups excluding tert-OH is 1. The van der Waals surface area contributed by atoms with Crippen LogP contribution in [0.5, 0.6) is 0 Å². The van der Waals surface area contributed by atoms with Crippen LogP contribution in [0.2, 0.25) is 0 Å². The van der Waals surface area contributed by atoms with Gasteiger partial charge >= 0.3 is 0 Å². The molecule has 1 N–H and O–H groups in total. The van der Waals surface area contributed by atoms with Gasteiger partial charge in [0.25, 0.3) is 0 Å². The van der Waals surface area contributed by atoms with Gasteiger partial charge in [-0.1, -0.05) is 6.07 Å². The number of hydrogen-bond donors (Lipinski definition) is 1. The Labute approximate surface area is 85.3 Å². The minimum Gasteiger partial charge on any atom is -0.382 e. The third-order valence-electron chi connectivity index (χ3n) is 1.84. The minimum atomic E-state index is -0.432. The Morgan fingerprint density at radius 2 is 2.08 bits per heavy atom. The number of aryl methyl sites for hydroxylation is 1. The molecule has 2 heterocycles. The van der Waals surface area contributed by atoms with Crippen LogP contribution in [0, 0.1) is 6.92 Å². The summed E-state index contributed by atoms with van der Waals surface area (Å²) in [6.45, 7) is 2.05. The fourth-order valence-corrected chi connectivity index (χ4v) is 2.87. The van der Waals surface area contributed by atoms with Crippen molar-refractivity contribution in [1.29, 1.82) is 0 Å². The first-order chi connectivity index (χ1) is 6.27. The first kappa shape index (κ1) is 8.94. The van der Waals surface area contributed by atoms with Crippen molar-refractivity contribution < 1.29 is 5.11 Å². The van der Waals surface area contributed by atoms with Crippen molar-refractivity contribution in [2.75, 3.05) is 0 Å². The van der Waals surface area contributed by atoms with E-state index in [1.165, 1.54) is 4.88 Å². The predicted octanol–water partition coefficient (Wildman–Crippen LogP) is 3.20. The molecule has 1 nitrogen and oxygen atoms in total. The zero-order chi connectivity index (χ0) is 9.26. The number of thiophene rings is 2. The molecular formula is C10H10OS2. The average Bonchev–Trinajstić information content (AvgIpc) is 2.72. The molecule has 0 bridgehead atoms.